The molecule has 108 valence electrons. The Morgan fingerprint density at radius 3 is 2.79 bits per heavy atom. The topological polar surface area (TPSA) is 76.3 Å². The molecule has 6 heteroatoms. The van der Waals surface area contributed by atoms with Gasteiger partial charge in [0, 0.05) is 45.5 Å². The molecule has 0 saturated carbocycles. The predicted octanol–water partition coefficient (Wildman–Crippen LogP) is 1.10. The van der Waals surface area contributed by atoms with Gasteiger partial charge in [-0.25, -0.2) is 9.97 Å². The summed E-state index contributed by atoms with van der Waals surface area (Å²) < 4.78 is 5.00. The van der Waals surface area contributed by atoms with Crippen LogP contribution in [-0.4, -0.2) is 49.4 Å². The number of likely N-dealkylation sites (N-methyl/N-ethyl adjacent to an activating group) is 1. The van der Waals surface area contributed by atoms with Crippen molar-refractivity contribution in [3.05, 3.63) is 12.4 Å². The van der Waals surface area contributed by atoms with Crippen LogP contribution in [0.5, 0.6) is 0 Å². The molecule has 1 heterocycles. The van der Waals surface area contributed by atoms with E-state index in [-0.39, 0.29) is 5.54 Å². The zero-order valence-corrected chi connectivity index (χ0v) is 12.3. The number of methoxy groups -OCH3 is 1. The maximum Gasteiger partial charge on any atom is 0.133 e. The van der Waals surface area contributed by atoms with Gasteiger partial charge in [0.2, 0.25) is 0 Å². The molecule has 19 heavy (non-hydrogen) atoms. The van der Waals surface area contributed by atoms with Gasteiger partial charge in [0.05, 0.1) is 0 Å². The summed E-state index contributed by atoms with van der Waals surface area (Å²) in [5, 5.41) is 3.25. The number of nitrogens with two attached hydrogens (primary N) is 1. The molecule has 0 aliphatic carbocycles. The number of anilines is 2. The molecule has 6 nitrogen and oxygen atoms in total. The molecule has 0 radical (unpaired) electrons. The van der Waals surface area contributed by atoms with Crippen LogP contribution in [0.2, 0.25) is 0 Å². The first-order chi connectivity index (χ1) is 8.92. The highest BCUT2D eigenvalue weighted by Crippen LogP contribution is 2.14. The Bertz CT molecular complexity index is 378. The summed E-state index contributed by atoms with van der Waals surface area (Å²) in [6.07, 6.45) is 2.51. The van der Waals surface area contributed by atoms with Gasteiger partial charge in [-0.05, 0) is 20.3 Å². The third-order valence-electron chi connectivity index (χ3n) is 2.52. The van der Waals surface area contributed by atoms with Crippen LogP contribution in [0.1, 0.15) is 20.3 Å². The summed E-state index contributed by atoms with van der Waals surface area (Å²) >= 11 is 0. The smallest absolute Gasteiger partial charge is 0.133 e. The van der Waals surface area contributed by atoms with Crippen LogP contribution in [0.15, 0.2) is 12.4 Å². The first-order valence-electron chi connectivity index (χ1n) is 6.47. The molecular weight excluding hydrogens is 242 g/mol. The minimum atomic E-state index is -0.258. The van der Waals surface area contributed by atoms with E-state index < -0.39 is 0 Å². The first-order valence-corrected chi connectivity index (χ1v) is 6.47. The Morgan fingerprint density at radius 2 is 2.16 bits per heavy atom. The van der Waals surface area contributed by atoms with Crippen molar-refractivity contribution in [1.82, 2.24) is 9.97 Å². The van der Waals surface area contributed by atoms with Crippen LogP contribution in [0.3, 0.4) is 0 Å². The lowest BCUT2D eigenvalue weighted by molar-refractivity contribution is 0.198. The molecular formula is C13H25N5O. The van der Waals surface area contributed by atoms with Gasteiger partial charge in [-0.3, -0.25) is 0 Å². The fraction of sp³-hybridized carbons (Fsp3) is 0.692. The van der Waals surface area contributed by atoms with E-state index in [2.05, 4.69) is 15.3 Å². The molecule has 1 aromatic heterocycles. The van der Waals surface area contributed by atoms with E-state index in [0.29, 0.717) is 0 Å². The van der Waals surface area contributed by atoms with E-state index in [4.69, 9.17) is 10.5 Å². The van der Waals surface area contributed by atoms with Gasteiger partial charge in [-0.2, -0.15) is 0 Å². The number of nitrogens with zero attached hydrogens (tertiary/aromatic N) is 3. The van der Waals surface area contributed by atoms with E-state index >= 15 is 0 Å². The Hall–Kier alpha value is -1.40. The lowest BCUT2D eigenvalue weighted by atomic mass is 10.1. The van der Waals surface area contributed by atoms with Crippen molar-refractivity contribution in [1.29, 1.82) is 0 Å². The Labute approximate surface area is 115 Å². The highest BCUT2D eigenvalue weighted by molar-refractivity contribution is 5.48. The summed E-state index contributed by atoms with van der Waals surface area (Å²) in [6.45, 7) is 6.29. The van der Waals surface area contributed by atoms with Crippen molar-refractivity contribution in [3.63, 3.8) is 0 Å². The van der Waals surface area contributed by atoms with Gasteiger partial charge in [0.25, 0.3) is 0 Å². The number of ether oxygens (including phenoxy) is 1. The molecule has 0 aliphatic heterocycles. The number of rotatable bonds is 8. The fourth-order valence-electron chi connectivity index (χ4n) is 1.78. The highest BCUT2D eigenvalue weighted by Gasteiger charge is 2.15. The zero-order chi connectivity index (χ0) is 14.3. The standard InChI is InChI=1S/C13H25N5O/c1-13(2,14)9-18(3)12-8-11(16-10-17-12)15-6-5-7-19-4/h8,10H,5-7,9,14H2,1-4H3,(H,15,16,17). The quantitative estimate of drug-likeness (QED) is 0.687. The molecule has 3 N–H and O–H groups in total. The number of hydrogen-bond acceptors (Lipinski definition) is 6. The number of nitrogens with one attached hydrogen (secondary N) is 1. The van der Waals surface area contributed by atoms with Crippen molar-refractivity contribution >= 4 is 11.6 Å². The second kappa shape index (κ2) is 7.25. The van der Waals surface area contributed by atoms with Crippen molar-refractivity contribution < 1.29 is 4.74 Å². The van der Waals surface area contributed by atoms with Crippen LogP contribution in [0, 0.1) is 0 Å². The van der Waals surface area contributed by atoms with Gasteiger partial charge in [0.15, 0.2) is 0 Å². The molecule has 0 aliphatic rings. The molecule has 0 spiro atoms. The zero-order valence-electron chi connectivity index (χ0n) is 12.3. The van der Waals surface area contributed by atoms with Crippen LogP contribution in [0.25, 0.3) is 0 Å². The Kier molecular flexibility index (Phi) is 5.98. The molecule has 0 aromatic carbocycles. The number of aromatic nitrogens is 2. The average molecular weight is 267 g/mol. The molecule has 1 rings (SSSR count). The monoisotopic (exact) mass is 267 g/mol. The molecule has 0 amide bonds. The lowest BCUT2D eigenvalue weighted by Crippen LogP contribution is -2.44. The first kappa shape index (κ1) is 15.7. The fourth-order valence-corrected chi connectivity index (χ4v) is 1.78. The molecule has 0 saturated heterocycles. The molecule has 0 fully saturated rings. The minimum Gasteiger partial charge on any atom is -0.385 e. The summed E-state index contributed by atoms with van der Waals surface area (Å²) in [5.74, 6) is 1.69. The van der Waals surface area contributed by atoms with E-state index in [9.17, 15) is 0 Å². The van der Waals surface area contributed by atoms with Crippen molar-refractivity contribution in [2.24, 2.45) is 5.73 Å². The van der Waals surface area contributed by atoms with E-state index in [1.54, 1.807) is 13.4 Å². The summed E-state index contributed by atoms with van der Waals surface area (Å²) in [4.78, 5) is 10.5. The summed E-state index contributed by atoms with van der Waals surface area (Å²) in [7, 11) is 3.68. The van der Waals surface area contributed by atoms with E-state index in [0.717, 1.165) is 37.8 Å². The van der Waals surface area contributed by atoms with Crippen LogP contribution in [0.4, 0.5) is 11.6 Å². The maximum absolute atomic E-state index is 6.01. The largest absolute Gasteiger partial charge is 0.385 e. The maximum atomic E-state index is 6.01. The van der Waals surface area contributed by atoms with Crippen LogP contribution in [-0.2, 0) is 4.74 Å². The van der Waals surface area contributed by atoms with Crippen LogP contribution < -0.4 is 16.0 Å². The predicted molar refractivity (Wildman–Crippen MR) is 78.6 cm³/mol. The van der Waals surface area contributed by atoms with Crippen molar-refractivity contribution in [2.45, 2.75) is 25.8 Å². The highest BCUT2D eigenvalue weighted by atomic mass is 16.5. The lowest BCUT2D eigenvalue weighted by Gasteiger charge is -2.27. The molecule has 1 aromatic rings. The Balaban J connectivity index is 2.56. The molecule has 0 atom stereocenters. The van der Waals surface area contributed by atoms with E-state index in [1.165, 1.54) is 0 Å². The van der Waals surface area contributed by atoms with Gasteiger partial charge in [-0.15, -0.1) is 0 Å². The van der Waals surface area contributed by atoms with Gasteiger partial charge >= 0.3 is 0 Å². The van der Waals surface area contributed by atoms with Crippen molar-refractivity contribution in [2.75, 3.05) is 44.1 Å². The SMILES string of the molecule is COCCCNc1cc(N(C)CC(C)(C)N)ncn1. The molecule has 0 unspecified atom stereocenters. The van der Waals surface area contributed by atoms with E-state index in [1.807, 2.05) is 31.9 Å². The van der Waals surface area contributed by atoms with Gasteiger partial charge in [-0.1, -0.05) is 0 Å². The second-order valence-corrected chi connectivity index (χ2v) is 5.38. The third kappa shape index (κ3) is 6.35. The van der Waals surface area contributed by atoms with Gasteiger partial charge in [0.1, 0.15) is 18.0 Å². The van der Waals surface area contributed by atoms with Gasteiger partial charge < -0.3 is 20.7 Å². The number of hydrogen-bond donors (Lipinski definition) is 2. The average Bonchev–Trinajstić information content (AvgIpc) is 2.33. The molecule has 0 bridgehead atoms. The minimum absolute atomic E-state index is 0.258. The van der Waals surface area contributed by atoms with Crippen molar-refractivity contribution in [3.8, 4) is 0 Å². The summed E-state index contributed by atoms with van der Waals surface area (Å²) in [5.41, 5.74) is 5.75. The normalized spacial score (nSPS) is 11.4. The summed E-state index contributed by atoms with van der Waals surface area (Å²) in [6, 6.07) is 1.93. The van der Waals surface area contributed by atoms with Crippen LogP contribution >= 0.6 is 0 Å². The second-order valence-electron chi connectivity index (χ2n) is 5.38. The Morgan fingerprint density at radius 1 is 1.42 bits per heavy atom. The third-order valence-corrected chi connectivity index (χ3v) is 2.52.